The molecule has 1 rings (SSSR count). The summed E-state index contributed by atoms with van der Waals surface area (Å²) in [5, 5.41) is 14.2. The van der Waals surface area contributed by atoms with E-state index in [0.29, 0.717) is 13.0 Å². The van der Waals surface area contributed by atoms with Crippen LogP contribution < -0.4 is 10.6 Å². The second-order valence-electron chi connectivity index (χ2n) is 5.12. The standard InChI is InChI=1S/C15H22N2O3/c1-10(7-8-14(18)19)9-16-15(20)17-13-6-4-5-11(2)12(13)3/h4-6,10H,7-9H2,1-3H3,(H,18,19)(H2,16,17,20). The zero-order valence-electron chi connectivity index (χ0n) is 12.2. The van der Waals surface area contributed by atoms with Crippen LogP contribution in [0.3, 0.4) is 0 Å². The minimum absolute atomic E-state index is 0.126. The van der Waals surface area contributed by atoms with Gasteiger partial charge in [-0.15, -0.1) is 0 Å². The first-order chi connectivity index (χ1) is 9.40. The van der Waals surface area contributed by atoms with Crippen LogP contribution in [0.25, 0.3) is 0 Å². The van der Waals surface area contributed by atoms with Crippen LogP contribution in [0.2, 0.25) is 0 Å². The average molecular weight is 278 g/mol. The summed E-state index contributed by atoms with van der Waals surface area (Å²) in [7, 11) is 0. The number of carboxylic acids is 1. The van der Waals surface area contributed by atoms with Crippen LogP contribution in [0.4, 0.5) is 10.5 Å². The molecule has 0 radical (unpaired) electrons. The van der Waals surface area contributed by atoms with Crippen LogP contribution in [0.5, 0.6) is 0 Å². The predicted molar refractivity (Wildman–Crippen MR) is 79.0 cm³/mol. The van der Waals surface area contributed by atoms with Gasteiger partial charge in [-0.25, -0.2) is 4.79 Å². The van der Waals surface area contributed by atoms with Crippen molar-refractivity contribution in [2.75, 3.05) is 11.9 Å². The third-order valence-electron chi connectivity index (χ3n) is 3.31. The highest BCUT2D eigenvalue weighted by atomic mass is 16.4. The molecule has 0 spiro atoms. The zero-order chi connectivity index (χ0) is 15.1. The van der Waals surface area contributed by atoms with E-state index >= 15 is 0 Å². The maximum absolute atomic E-state index is 11.8. The number of rotatable bonds is 6. The van der Waals surface area contributed by atoms with E-state index in [2.05, 4.69) is 10.6 Å². The highest BCUT2D eigenvalue weighted by Gasteiger charge is 2.09. The van der Waals surface area contributed by atoms with Crippen LogP contribution in [-0.2, 0) is 4.79 Å². The molecule has 3 N–H and O–H groups in total. The molecule has 0 fully saturated rings. The summed E-state index contributed by atoms with van der Waals surface area (Å²) < 4.78 is 0. The maximum atomic E-state index is 11.8. The third kappa shape index (κ3) is 5.30. The number of anilines is 1. The van der Waals surface area contributed by atoms with Crippen molar-refractivity contribution in [3.05, 3.63) is 29.3 Å². The molecule has 1 atom stereocenters. The number of hydrogen-bond acceptors (Lipinski definition) is 2. The first-order valence-electron chi connectivity index (χ1n) is 6.73. The SMILES string of the molecule is Cc1cccc(NC(=O)NCC(C)CCC(=O)O)c1C. The Balaban J connectivity index is 2.40. The second kappa shape index (κ2) is 7.53. The smallest absolute Gasteiger partial charge is 0.319 e. The van der Waals surface area contributed by atoms with Gasteiger partial charge in [-0.1, -0.05) is 19.1 Å². The van der Waals surface area contributed by atoms with Gasteiger partial charge in [0.1, 0.15) is 0 Å². The summed E-state index contributed by atoms with van der Waals surface area (Å²) in [5.41, 5.74) is 2.96. The summed E-state index contributed by atoms with van der Waals surface area (Å²) in [6, 6.07) is 5.48. The van der Waals surface area contributed by atoms with E-state index < -0.39 is 5.97 Å². The largest absolute Gasteiger partial charge is 0.481 e. The number of urea groups is 1. The molecule has 5 nitrogen and oxygen atoms in total. The highest BCUT2D eigenvalue weighted by molar-refractivity contribution is 5.90. The molecule has 0 bridgehead atoms. The number of amides is 2. The van der Waals surface area contributed by atoms with E-state index in [0.717, 1.165) is 16.8 Å². The Kier molecular flexibility index (Phi) is 6.03. The van der Waals surface area contributed by atoms with E-state index in [9.17, 15) is 9.59 Å². The third-order valence-corrected chi connectivity index (χ3v) is 3.31. The summed E-state index contributed by atoms with van der Waals surface area (Å²) in [4.78, 5) is 22.2. The van der Waals surface area contributed by atoms with E-state index in [-0.39, 0.29) is 18.4 Å². The minimum Gasteiger partial charge on any atom is -0.481 e. The molecule has 2 amide bonds. The molecule has 1 aromatic rings. The fourth-order valence-electron chi connectivity index (χ4n) is 1.79. The molecule has 5 heteroatoms. The summed E-state index contributed by atoms with van der Waals surface area (Å²) >= 11 is 0. The number of benzene rings is 1. The van der Waals surface area contributed by atoms with Crippen molar-refractivity contribution in [3.8, 4) is 0 Å². The molecule has 0 aliphatic rings. The van der Waals surface area contributed by atoms with E-state index in [1.165, 1.54) is 0 Å². The van der Waals surface area contributed by atoms with E-state index in [1.807, 2.05) is 39.0 Å². The molecule has 110 valence electrons. The predicted octanol–water partition coefficient (Wildman–Crippen LogP) is 2.93. The number of carbonyl (C=O) groups excluding carboxylic acids is 1. The van der Waals surface area contributed by atoms with Crippen molar-refractivity contribution in [2.24, 2.45) is 5.92 Å². The van der Waals surface area contributed by atoms with Crippen molar-refractivity contribution in [1.29, 1.82) is 0 Å². The van der Waals surface area contributed by atoms with Gasteiger partial charge in [-0.2, -0.15) is 0 Å². The van der Waals surface area contributed by atoms with Gasteiger partial charge in [0, 0.05) is 18.7 Å². The van der Waals surface area contributed by atoms with E-state index in [4.69, 9.17) is 5.11 Å². The Morgan fingerprint density at radius 2 is 2.00 bits per heavy atom. The summed E-state index contributed by atoms with van der Waals surface area (Å²) in [6.07, 6.45) is 0.681. The normalized spacial score (nSPS) is 11.8. The van der Waals surface area contributed by atoms with Crippen LogP contribution >= 0.6 is 0 Å². The van der Waals surface area contributed by atoms with Gasteiger partial charge in [-0.05, 0) is 43.4 Å². The summed E-state index contributed by atoms with van der Waals surface area (Å²) in [5.74, 6) is -0.674. The minimum atomic E-state index is -0.809. The number of carboxylic acid groups (broad SMARTS) is 1. The Morgan fingerprint density at radius 3 is 2.65 bits per heavy atom. The second-order valence-corrected chi connectivity index (χ2v) is 5.12. The molecule has 20 heavy (non-hydrogen) atoms. The number of aliphatic carboxylic acids is 1. The van der Waals surface area contributed by atoms with Crippen LogP contribution in [0.1, 0.15) is 30.9 Å². The lowest BCUT2D eigenvalue weighted by atomic mass is 10.1. The van der Waals surface area contributed by atoms with Crippen LogP contribution in [-0.4, -0.2) is 23.7 Å². The lowest BCUT2D eigenvalue weighted by Gasteiger charge is -2.14. The van der Waals surface area contributed by atoms with Gasteiger partial charge in [-0.3, -0.25) is 4.79 Å². The number of hydrogen-bond donors (Lipinski definition) is 3. The van der Waals surface area contributed by atoms with Gasteiger partial charge in [0.05, 0.1) is 0 Å². The summed E-state index contributed by atoms with van der Waals surface area (Å²) in [6.45, 7) is 6.33. The van der Waals surface area contributed by atoms with Gasteiger partial charge in [0.2, 0.25) is 0 Å². The molecule has 0 saturated heterocycles. The molecular weight excluding hydrogens is 256 g/mol. The molecule has 0 aliphatic heterocycles. The molecule has 0 heterocycles. The molecule has 0 aromatic heterocycles. The Morgan fingerprint density at radius 1 is 1.30 bits per heavy atom. The monoisotopic (exact) mass is 278 g/mol. The van der Waals surface area contributed by atoms with Crippen molar-refractivity contribution in [2.45, 2.75) is 33.6 Å². The topological polar surface area (TPSA) is 78.4 Å². The first-order valence-corrected chi connectivity index (χ1v) is 6.73. The maximum Gasteiger partial charge on any atom is 0.319 e. The molecular formula is C15H22N2O3. The molecule has 1 aromatic carbocycles. The lowest BCUT2D eigenvalue weighted by Crippen LogP contribution is -2.32. The Hall–Kier alpha value is -2.04. The van der Waals surface area contributed by atoms with Gasteiger partial charge >= 0.3 is 12.0 Å². The van der Waals surface area contributed by atoms with Crippen molar-refractivity contribution in [3.63, 3.8) is 0 Å². The Bertz CT molecular complexity index is 486. The number of carbonyl (C=O) groups is 2. The van der Waals surface area contributed by atoms with Crippen LogP contribution in [0, 0.1) is 19.8 Å². The van der Waals surface area contributed by atoms with Gasteiger partial charge in [0.15, 0.2) is 0 Å². The number of nitrogens with one attached hydrogen (secondary N) is 2. The number of aryl methyl sites for hydroxylation is 1. The van der Waals surface area contributed by atoms with Gasteiger partial charge in [0.25, 0.3) is 0 Å². The van der Waals surface area contributed by atoms with E-state index in [1.54, 1.807) is 0 Å². The average Bonchev–Trinajstić information content (AvgIpc) is 2.39. The lowest BCUT2D eigenvalue weighted by molar-refractivity contribution is -0.137. The van der Waals surface area contributed by atoms with Crippen molar-refractivity contribution >= 4 is 17.7 Å². The molecule has 1 unspecified atom stereocenters. The van der Waals surface area contributed by atoms with Crippen molar-refractivity contribution < 1.29 is 14.7 Å². The zero-order valence-corrected chi connectivity index (χ0v) is 12.2. The molecule has 0 aliphatic carbocycles. The first kappa shape index (κ1) is 16.0. The fourth-order valence-corrected chi connectivity index (χ4v) is 1.79. The Labute approximate surface area is 119 Å². The van der Waals surface area contributed by atoms with Gasteiger partial charge < -0.3 is 15.7 Å². The molecule has 0 saturated carbocycles. The highest BCUT2D eigenvalue weighted by Crippen LogP contribution is 2.17. The fraction of sp³-hybridized carbons (Fsp3) is 0.467. The van der Waals surface area contributed by atoms with Crippen LogP contribution in [0.15, 0.2) is 18.2 Å². The quantitative estimate of drug-likeness (QED) is 0.748. The van der Waals surface area contributed by atoms with Crippen molar-refractivity contribution in [1.82, 2.24) is 5.32 Å².